The number of ether oxygens (including phenoxy) is 3. The molecule has 210 valence electrons. The van der Waals surface area contributed by atoms with Crippen LogP contribution in [0.2, 0.25) is 0 Å². The maximum absolute atomic E-state index is 12.0. The molecule has 0 bridgehead atoms. The fourth-order valence-electron chi connectivity index (χ4n) is 3.23. The van der Waals surface area contributed by atoms with Gasteiger partial charge >= 0.3 is 12.2 Å². The van der Waals surface area contributed by atoms with Crippen molar-refractivity contribution in [2.24, 2.45) is 5.92 Å². The van der Waals surface area contributed by atoms with Crippen LogP contribution < -0.4 is 21.3 Å². The molecule has 1 saturated heterocycles. The van der Waals surface area contributed by atoms with Gasteiger partial charge in [0.25, 0.3) is 0 Å². The monoisotopic (exact) mass is 529 g/mol. The molecule has 4 N–H and O–H groups in total. The maximum atomic E-state index is 12.0. The Kier molecular flexibility index (Phi) is 15.3. The third-order valence-electron chi connectivity index (χ3n) is 5.15. The summed E-state index contributed by atoms with van der Waals surface area (Å²) in [7, 11) is 0. The van der Waals surface area contributed by atoms with Crippen molar-refractivity contribution in [3.05, 3.63) is 0 Å². The Bertz CT molecular complexity index is 771. The topological polar surface area (TPSA) is 181 Å². The fourth-order valence-corrected chi connectivity index (χ4v) is 3.23. The first-order valence-corrected chi connectivity index (χ1v) is 12.5. The van der Waals surface area contributed by atoms with Gasteiger partial charge in [-0.1, -0.05) is 6.92 Å². The molecule has 0 aromatic rings. The number of likely N-dealkylation sites (tertiary alicyclic amines) is 1. The van der Waals surface area contributed by atoms with Gasteiger partial charge in [-0.25, -0.2) is 9.59 Å². The lowest BCUT2D eigenvalue weighted by Crippen LogP contribution is -2.37. The van der Waals surface area contributed by atoms with Crippen molar-refractivity contribution in [2.75, 3.05) is 52.5 Å². The Morgan fingerprint density at radius 3 is 1.92 bits per heavy atom. The first-order valence-electron chi connectivity index (χ1n) is 12.5. The van der Waals surface area contributed by atoms with Gasteiger partial charge in [0.1, 0.15) is 19.3 Å². The number of hydrogen-bond acceptors (Lipinski definition) is 9. The molecule has 1 aliphatic heterocycles. The summed E-state index contributed by atoms with van der Waals surface area (Å²) in [6.07, 6.45) is -1.23. The lowest BCUT2D eigenvalue weighted by Gasteiger charge is -2.18. The smallest absolute Gasteiger partial charge is 0.407 e. The van der Waals surface area contributed by atoms with E-state index in [-0.39, 0.29) is 88.3 Å². The average molecular weight is 530 g/mol. The van der Waals surface area contributed by atoms with Crippen LogP contribution >= 0.6 is 0 Å². The zero-order valence-corrected chi connectivity index (χ0v) is 21.8. The van der Waals surface area contributed by atoms with Crippen molar-refractivity contribution >= 4 is 35.8 Å². The Balaban J connectivity index is 2.20. The SMILES string of the molecule is CCNC(=O)OCC(COC(=O)NCC)OCCCC(=O)NCCNC(=O)CCN1C(=O)CC(C)C1=O. The number of carbonyl (C=O) groups is 6. The van der Waals surface area contributed by atoms with E-state index in [1.807, 2.05) is 0 Å². The summed E-state index contributed by atoms with van der Waals surface area (Å²) >= 11 is 0. The van der Waals surface area contributed by atoms with Crippen LogP contribution in [0.5, 0.6) is 0 Å². The molecule has 0 aliphatic carbocycles. The first kappa shape index (κ1) is 31.6. The van der Waals surface area contributed by atoms with Crippen LogP contribution in [0.3, 0.4) is 0 Å². The van der Waals surface area contributed by atoms with Gasteiger partial charge in [-0.05, 0) is 20.3 Å². The predicted octanol–water partition coefficient (Wildman–Crippen LogP) is -0.338. The highest BCUT2D eigenvalue weighted by atomic mass is 16.6. The molecule has 0 aromatic carbocycles. The minimum atomic E-state index is -0.696. The number of carbonyl (C=O) groups excluding carboxylic acids is 6. The van der Waals surface area contributed by atoms with Crippen LogP contribution in [0.4, 0.5) is 9.59 Å². The van der Waals surface area contributed by atoms with Crippen molar-refractivity contribution in [3.8, 4) is 0 Å². The van der Waals surface area contributed by atoms with Gasteiger partial charge in [0.2, 0.25) is 23.6 Å². The largest absolute Gasteiger partial charge is 0.447 e. The summed E-state index contributed by atoms with van der Waals surface area (Å²) in [5.41, 5.74) is 0. The van der Waals surface area contributed by atoms with Crippen LogP contribution in [0.25, 0.3) is 0 Å². The molecular formula is C23H39N5O9. The lowest BCUT2D eigenvalue weighted by atomic mass is 10.1. The molecule has 37 heavy (non-hydrogen) atoms. The normalized spacial score (nSPS) is 14.9. The molecule has 0 spiro atoms. The molecule has 1 atom stereocenters. The number of amides is 6. The van der Waals surface area contributed by atoms with Crippen LogP contribution in [-0.4, -0.2) is 99.4 Å². The molecule has 1 aliphatic rings. The summed E-state index contributed by atoms with van der Waals surface area (Å²) in [6, 6.07) is 0. The first-order chi connectivity index (χ1) is 17.7. The maximum Gasteiger partial charge on any atom is 0.407 e. The van der Waals surface area contributed by atoms with Gasteiger partial charge < -0.3 is 35.5 Å². The van der Waals surface area contributed by atoms with Gasteiger partial charge in [-0.15, -0.1) is 0 Å². The number of hydrogen-bond donors (Lipinski definition) is 4. The highest BCUT2D eigenvalue weighted by Gasteiger charge is 2.35. The minimum Gasteiger partial charge on any atom is -0.447 e. The number of alkyl carbamates (subject to hydrolysis) is 2. The summed E-state index contributed by atoms with van der Waals surface area (Å²) in [4.78, 5) is 71.6. The number of rotatable bonds is 17. The fraction of sp³-hybridized carbons (Fsp3) is 0.739. The van der Waals surface area contributed by atoms with E-state index < -0.39 is 18.3 Å². The Hall–Kier alpha value is -3.42. The molecule has 0 aromatic heterocycles. The zero-order valence-electron chi connectivity index (χ0n) is 21.8. The molecule has 0 radical (unpaired) electrons. The van der Waals surface area contributed by atoms with E-state index in [1.165, 1.54) is 0 Å². The molecule has 6 amide bonds. The van der Waals surface area contributed by atoms with Crippen molar-refractivity contribution < 1.29 is 43.0 Å². The van der Waals surface area contributed by atoms with E-state index >= 15 is 0 Å². The van der Waals surface area contributed by atoms with Crippen LogP contribution in [-0.2, 0) is 33.4 Å². The molecule has 1 heterocycles. The number of imide groups is 1. The second kappa shape index (κ2) is 17.9. The standard InChI is InChI=1S/C23H39N5O9/c1-4-24-22(33)36-14-17(15-37-23(34)25-5-2)35-12-6-7-18(29)26-9-10-27-19(30)8-11-28-20(31)13-16(3)21(28)32/h16-17H,4-15H2,1-3H3,(H,24,33)(H,25,34)(H,26,29)(H,27,30). The number of nitrogens with one attached hydrogen (secondary N) is 4. The molecule has 0 saturated carbocycles. The molecule has 1 rings (SSSR count). The van der Waals surface area contributed by atoms with Crippen LogP contribution in [0.1, 0.15) is 46.5 Å². The average Bonchev–Trinajstić information content (AvgIpc) is 3.10. The van der Waals surface area contributed by atoms with Crippen LogP contribution in [0, 0.1) is 5.92 Å². The molecule has 1 fully saturated rings. The Morgan fingerprint density at radius 2 is 1.43 bits per heavy atom. The third-order valence-corrected chi connectivity index (χ3v) is 5.15. The quantitative estimate of drug-likeness (QED) is 0.145. The summed E-state index contributed by atoms with van der Waals surface area (Å²) in [6.45, 7) is 6.35. The van der Waals surface area contributed by atoms with Gasteiger partial charge in [0, 0.05) is 64.5 Å². The zero-order chi connectivity index (χ0) is 27.6. The van der Waals surface area contributed by atoms with E-state index in [0.29, 0.717) is 19.5 Å². The second-order valence-corrected chi connectivity index (χ2v) is 8.29. The molecule has 1 unspecified atom stereocenters. The van der Waals surface area contributed by atoms with Gasteiger partial charge in [-0.3, -0.25) is 24.1 Å². The van der Waals surface area contributed by atoms with E-state index in [9.17, 15) is 28.8 Å². The van der Waals surface area contributed by atoms with Crippen molar-refractivity contribution in [2.45, 2.75) is 52.6 Å². The third kappa shape index (κ3) is 13.5. The highest BCUT2D eigenvalue weighted by molar-refractivity contribution is 6.03. The van der Waals surface area contributed by atoms with E-state index in [4.69, 9.17) is 14.2 Å². The van der Waals surface area contributed by atoms with E-state index in [2.05, 4.69) is 21.3 Å². The van der Waals surface area contributed by atoms with Gasteiger partial charge in [0.15, 0.2) is 0 Å². The van der Waals surface area contributed by atoms with Gasteiger partial charge in [-0.2, -0.15) is 0 Å². The summed E-state index contributed by atoms with van der Waals surface area (Å²) in [5, 5.41) is 10.3. The molecular weight excluding hydrogens is 490 g/mol. The summed E-state index contributed by atoms with van der Waals surface area (Å²) < 4.78 is 15.6. The lowest BCUT2D eigenvalue weighted by molar-refractivity contribution is -0.139. The Morgan fingerprint density at radius 1 is 0.892 bits per heavy atom. The second-order valence-electron chi connectivity index (χ2n) is 8.29. The molecule has 14 heteroatoms. The number of nitrogens with zero attached hydrogens (tertiary/aromatic N) is 1. The van der Waals surface area contributed by atoms with E-state index in [0.717, 1.165) is 4.90 Å². The predicted molar refractivity (Wildman–Crippen MR) is 130 cm³/mol. The molecule has 14 nitrogen and oxygen atoms in total. The van der Waals surface area contributed by atoms with Crippen LogP contribution in [0.15, 0.2) is 0 Å². The minimum absolute atomic E-state index is 0.00425. The summed E-state index contributed by atoms with van der Waals surface area (Å²) in [5.74, 6) is -1.43. The Labute approximate surface area is 216 Å². The van der Waals surface area contributed by atoms with E-state index in [1.54, 1.807) is 20.8 Å². The van der Waals surface area contributed by atoms with Crippen molar-refractivity contribution in [1.82, 2.24) is 26.2 Å². The highest BCUT2D eigenvalue weighted by Crippen LogP contribution is 2.18. The van der Waals surface area contributed by atoms with Crippen molar-refractivity contribution in [1.29, 1.82) is 0 Å². The van der Waals surface area contributed by atoms with Crippen molar-refractivity contribution in [3.63, 3.8) is 0 Å². The van der Waals surface area contributed by atoms with Gasteiger partial charge in [0.05, 0.1) is 0 Å².